The van der Waals surface area contributed by atoms with Crippen molar-refractivity contribution < 1.29 is 28.9 Å². The van der Waals surface area contributed by atoms with Gasteiger partial charge in [-0.3, -0.25) is 4.98 Å². The molecule has 6 aromatic carbocycles. The molecular weight excluding hydrogens is 810 g/mol. The minimum Gasteiger partial charge on any atom is -0.557 e. The maximum Gasteiger partial charge on any atom is 0.113 e. The number of imidazole rings is 1. The van der Waals surface area contributed by atoms with Crippen LogP contribution in [0.3, 0.4) is 0 Å². The average Bonchev–Trinajstić information content (AvgIpc) is 3.77. The molecule has 0 atom stereocenters. The minimum absolute atomic E-state index is 0. The van der Waals surface area contributed by atoms with Crippen LogP contribution in [-0.4, -0.2) is 14.5 Å². The maximum absolute atomic E-state index is 14.4. The van der Waals surface area contributed by atoms with Crippen LogP contribution in [0, 0.1) is 25.1 Å². The number of hydrogen-bond acceptors (Lipinski definition) is 3. The molecule has 0 aliphatic heterocycles. The Morgan fingerprint density at radius 3 is 2.02 bits per heavy atom. The van der Waals surface area contributed by atoms with Gasteiger partial charge in [-0.05, 0) is 65.7 Å². The Hall–Kier alpha value is -5.94. The Labute approximate surface area is 309 Å². The zero-order valence-electron chi connectivity index (χ0n) is 27.5. The third kappa shape index (κ3) is 6.80. The quantitative estimate of drug-likeness (QED) is 0.162. The van der Waals surface area contributed by atoms with Crippen molar-refractivity contribution in [3.8, 4) is 50.6 Å². The number of halogens is 1. The Kier molecular flexibility index (Phi) is 9.80. The summed E-state index contributed by atoms with van der Waals surface area (Å²) in [6, 6.07) is 54.6. The van der Waals surface area contributed by atoms with Crippen LogP contribution in [0.25, 0.3) is 72.6 Å². The Balaban J connectivity index is 0.000000265. The molecule has 51 heavy (non-hydrogen) atoms. The number of hydrogen-bond donors (Lipinski definition) is 0. The van der Waals surface area contributed by atoms with Gasteiger partial charge in [0.25, 0.3) is 0 Å². The third-order valence-electron chi connectivity index (χ3n) is 8.56. The Bertz CT molecular complexity index is 2450. The molecule has 0 fully saturated rings. The number of nitrogens with zero attached hydrogens (tertiary/aromatic N) is 3. The summed E-state index contributed by atoms with van der Waals surface area (Å²) in [4.78, 5) is 9.27. The van der Waals surface area contributed by atoms with Crippen molar-refractivity contribution in [3.05, 3.63) is 188 Å². The molecule has 1 radical (unpaired) electrons. The first-order chi connectivity index (χ1) is 24.6. The molecule has 6 heteroatoms. The molecule has 9 rings (SSSR count). The van der Waals surface area contributed by atoms with Crippen molar-refractivity contribution in [2.75, 3.05) is 0 Å². The number of rotatable bonds is 5. The first-order valence-electron chi connectivity index (χ1n) is 16.4. The standard InChI is InChI=1S/C34H22FN2O.C11H8N.Ir/c1-22-18-26(23-10-4-2-5-11-23)33(27(19-22)24-12-6-3-7-13-24)37-31-15-9-8-14-30(31)36-34(37)29-21-38-32-17-16-25(35)20-28(29)32;1-2-6-10(7-3-1)11-8-4-5-9-12-11;/h2-20H,1H3;1-6,8-9H;/q2*-1;. The summed E-state index contributed by atoms with van der Waals surface area (Å²) in [5.41, 5.74) is 11.5. The van der Waals surface area contributed by atoms with Crippen LogP contribution >= 0.6 is 0 Å². The zero-order valence-corrected chi connectivity index (χ0v) is 29.9. The largest absolute Gasteiger partial charge is 0.557 e. The second kappa shape index (κ2) is 14.9. The number of para-hydroxylation sites is 2. The summed E-state index contributed by atoms with van der Waals surface area (Å²) >= 11 is 0. The van der Waals surface area contributed by atoms with E-state index < -0.39 is 0 Å². The van der Waals surface area contributed by atoms with Gasteiger partial charge in [-0.25, -0.2) is 4.39 Å². The van der Waals surface area contributed by atoms with Gasteiger partial charge in [0.1, 0.15) is 5.82 Å². The van der Waals surface area contributed by atoms with Crippen LogP contribution in [0.15, 0.2) is 168 Å². The number of furan rings is 1. The summed E-state index contributed by atoms with van der Waals surface area (Å²) in [5.74, 6) is 0.315. The summed E-state index contributed by atoms with van der Waals surface area (Å²) in [6.07, 6.45) is 4.82. The molecule has 0 unspecified atom stereocenters. The second-order valence-electron chi connectivity index (χ2n) is 11.9. The predicted molar refractivity (Wildman–Crippen MR) is 199 cm³/mol. The molecule has 0 bridgehead atoms. The van der Waals surface area contributed by atoms with Gasteiger partial charge < -0.3 is 14.0 Å². The third-order valence-corrected chi connectivity index (χ3v) is 8.56. The second-order valence-corrected chi connectivity index (χ2v) is 11.9. The number of benzene rings is 6. The summed E-state index contributed by atoms with van der Waals surface area (Å²) in [5, 5.41) is 0.635. The van der Waals surface area contributed by atoms with Crippen molar-refractivity contribution in [3.63, 3.8) is 0 Å². The molecule has 3 aromatic heterocycles. The van der Waals surface area contributed by atoms with Crippen molar-refractivity contribution in [1.82, 2.24) is 14.5 Å². The summed E-state index contributed by atoms with van der Waals surface area (Å²) in [6.45, 7) is 2.12. The van der Waals surface area contributed by atoms with E-state index in [1.54, 1.807) is 12.3 Å². The monoisotopic (exact) mass is 840 g/mol. The fourth-order valence-corrected chi connectivity index (χ4v) is 6.30. The van der Waals surface area contributed by atoms with Gasteiger partial charge >= 0.3 is 0 Å². The molecule has 0 amide bonds. The van der Waals surface area contributed by atoms with Crippen molar-refractivity contribution in [1.29, 1.82) is 0 Å². The van der Waals surface area contributed by atoms with E-state index in [2.05, 4.69) is 95.5 Å². The smallest absolute Gasteiger partial charge is 0.113 e. The molecule has 3 heterocycles. The fourth-order valence-electron chi connectivity index (χ4n) is 6.30. The molecular formula is C45H30FIrN3O-2. The first kappa shape index (κ1) is 33.6. The van der Waals surface area contributed by atoms with E-state index in [-0.39, 0.29) is 25.9 Å². The van der Waals surface area contributed by atoms with Crippen LogP contribution in [0.2, 0.25) is 0 Å². The van der Waals surface area contributed by atoms with E-state index >= 15 is 0 Å². The Morgan fingerprint density at radius 1 is 0.686 bits per heavy atom. The average molecular weight is 840 g/mol. The van der Waals surface area contributed by atoms with Crippen molar-refractivity contribution in [2.24, 2.45) is 0 Å². The van der Waals surface area contributed by atoms with Crippen LogP contribution < -0.4 is 0 Å². The number of pyridine rings is 1. The first-order valence-corrected chi connectivity index (χ1v) is 16.4. The van der Waals surface area contributed by atoms with Crippen LogP contribution in [0.4, 0.5) is 4.39 Å². The van der Waals surface area contributed by atoms with Gasteiger partial charge in [0, 0.05) is 49.3 Å². The molecule has 0 aliphatic rings. The van der Waals surface area contributed by atoms with Gasteiger partial charge in [0.2, 0.25) is 0 Å². The Morgan fingerprint density at radius 2 is 1.35 bits per heavy atom. The SMILES string of the molecule is Cc1cc(-c2ccccc2)c(-n2c(-c3[c-]oc4ccc(F)cc34)nc3ccccc32)c(-c2ccccc2)c1.[Ir].[c-]1ccccc1-c1ccccn1. The fraction of sp³-hybridized carbons (Fsp3) is 0.0222. The predicted octanol–water partition coefficient (Wildman–Crippen LogP) is 11.6. The number of aryl methyl sites for hydroxylation is 1. The normalized spacial score (nSPS) is 10.8. The van der Waals surface area contributed by atoms with Gasteiger partial charge in [0.15, 0.2) is 0 Å². The van der Waals surface area contributed by atoms with Gasteiger partial charge in [-0.15, -0.1) is 35.9 Å². The number of aromatic nitrogens is 3. The van der Waals surface area contributed by atoms with Crippen molar-refractivity contribution >= 4 is 22.0 Å². The molecule has 0 spiro atoms. The molecule has 0 aliphatic carbocycles. The van der Waals surface area contributed by atoms with Crippen LogP contribution in [-0.2, 0) is 20.1 Å². The van der Waals surface area contributed by atoms with Gasteiger partial charge in [-0.1, -0.05) is 108 Å². The van der Waals surface area contributed by atoms with E-state index in [4.69, 9.17) is 9.40 Å². The molecule has 0 saturated carbocycles. The number of fused-ring (bicyclic) bond motifs is 2. The van der Waals surface area contributed by atoms with Crippen molar-refractivity contribution in [2.45, 2.75) is 6.92 Å². The minimum atomic E-state index is -0.332. The topological polar surface area (TPSA) is 43.9 Å². The molecule has 4 nitrogen and oxygen atoms in total. The van der Waals surface area contributed by atoms with E-state index in [0.29, 0.717) is 22.4 Å². The van der Waals surface area contributed by atoms with Crippen LogP contribution in [0.5, 0.6) is 0 Å². The van der Waals surface area contributed by atoms with Crippen LogP contribution in [0.1, 0.15) is 5.56 Å². The molecule has 0 N–H and O–H groups in total. The van der Waals surface area contributed by atoms with E-state index in [0.717, 1.165) is 55.8 Å². The van der Waals surface area contributed by atoms with E-state index in [9.17, 15) is 4.39 Å². The summed E-state index contributed by atoms with van der Waals surface area (Å²) < 4.78 is 22.3. The molecule has 9 aromatic rings. The molecule has 0 saturated heterocycles. The zero-order chi connectivity index (χ0) is 33.9. The summed E-state index contributed by atoms with van der Waals surface area (Å²) in [7, 11) is 0. The van der Waals surface area contributed by atoms with Gasteiger partial charge in [-0.2, -0.15) is 0 Å². The molecule has 249 valence electrons. The van der Waals surface area contributed by atoms with E-state index in [1.807, 2.05) is 72.8 Å². The maximum atomic E-state index is 14.4. The van der Waals surface area contributed by atoms with E-state index in [1.165, 1.54) is 12.1 Å². The van der Waals surface area contributed by atoms with Gasteiger partial charge in [0.05, 0.1) is 22.5 Å².